The summed E-state index contributed by atoms with van der Waals surface area (Å²) in [6.45, 7) is 3.30. The molecule has 184 valence electrons. The van der Waals surface area contributed by atoms with Crippen molar-refractivity contribution in [1.29, 1.82) is 0 Å². The minimum atomic E-state index is -0.335. The molecule has 3 aromatic carbocycles. The van der Waals surface area contributed by atoms with E-state index in [1.807, 2.05) is 54.3 Å². The van der Waals surface area contributed by atoms with E-state index in [1.165, 1.54) is 12.1 Å². The Bertz CT molecular complexity index is 1470. The van der Waals surface area contributed by atoms with Crippen LogP contribution >= 0.6 is 12.2 Å². The lowest BCUT2D eigenvalue weighted by molar-refractivity contribution is 0.174. The Morgan fingerprint density at radius 3 is 2.67 bits per heavy atom. The van der Waals surface area contributed by atoms with Crippen LogP contribution in [0.1, 0.15) is 18.1 Å². The van der Waals surface area contributed by atoms with Crippen LogP contribution in [0.15, 0.2) is 71.5 Å². The van der Waals surface area contributed by atoms with Crippen molar-refractivity contribution >= 4 is 33.9 Å². The number of ether oxygens (including phenoxy) is 3. The zero-order valence-electron chi connectivity index (χ0n) is 19.5. The van der Waals surface area contributed by atoms with E-state index in [-0.39, 0.29) is 24.7 Å². The number of halogens is 1. The molecule has 1 aliphatic rings. The highest BCUT2D eigenvalue weighted by atomic mass is 32.1. The molecule has 0 spiro atoms. The van der Waals surface area contributed by atoms with Gasteiger partial charge >= 0.3 is 0 Å². The third-order valence-corrected chi connectivity index (χ3v) is 6.12. The first-order valence-corrected chi connectivity index (χ1v) is 11.9. The summed E-state index contributed by atoms with van der Waals surface area (Å²) in [6, 6.07) is 19.0. The number of aromatic nitrogens is 1. The van der Waals surface area contributed by atoms with Crippen molar-refractivity contribution in [2.24, 2.45) is 0 Å². The van der Waals surface area contributed by atoms with E-state index in [2.05, 4.69) is 10.3 Å². The van der Waals surface area contributed by atoms with Crippen molar-refractivity contribution in [3.8, 4) is 17.2 Å². The van der Waals surface area contributed by atoms with Crippen molar-refractivity contribution in [3.63, 3.8) is 0 Å². The molecule has 0 aliphatic carbocycles. The molecule has 2 N–H and O–H groups in total. The zero-order valence-corrected chi connectivity index (χ0v) is 20.4. The minimum Gasteiger partial charge on any atom is -0.494 e. The summed E-state index contributed by atoms with van der Waals surface area (Å²) in [7, 11) is 0. The molecule has 36 heavy (non-hydrogen) atoms. The minimum absolute atomic E-state index is 0.184. The van der Waals surface area contributed by atoms with Crippen molar-refractivity contribution in [1.82, 2.24) is 9.88 Å². The van der Waals surface area contributed by atoms with Gasteiger partial charge in [-0.3, -0.25) is 4.79 Å². The standard InChI is InChI=1S/C27H24FN3O4S/c1-2-33-22-8-9-23-18(13-22)12-19(26(32)30-23)15-31(27(36)29-21-6-4-20(28)5-7-21)14-17-3-10-24-25(11-17)35-16-34-24/h3-13H,2,14-16H2,1H3,(H,29,36)(H,30,32). The highest BCUT2D eigenvalue weighted by Gasteiger charge is 2.18. The molecule has 0 radical (unpaired) electrons. The summed E-state index contributed by atoms with van der Waals surface area (Å²) in [5, 5.41) is 4.40. The predicted octanol–water partition coefficient (Wildman–Crippen LogP) is 5.19. The molecule has 5 rings (SSSR count). The lowest BCUT2D eigenvalue weighted by Crippen LogP contribution is -2.35. The molecule has 2 heterocycles. The summed E-state index contributed by atoms with van der Waals surface area (Å²) in [6.07, 6.45) is 0. The maximum atomic E-state index is 13.4. The number of aromatic amines is 1. The molecule has 9 heteroatoms. The smallest absolute Gasteiger partial charge is 0.253 e. The van der Waals surface area contributed by atoms with E-state index in [9.17, 15) is 9.18 Å². The number of pyridine rings is 1. The van der Waals surface area contributed by atoms with Crippen LogP contribution in [-0.4, -0.2) is 28.4 Å². The van der Waals surface area contributed by atoms with Gasteiger partial charge in [0.15, 0.2) is 16.6 Å². The Balaban J connectivity index is 1.45. The maximum absolute atomic E-state index is 13.4. The van der Waals surface area contributed by atoms with Crippen LogP contribution in [0.2, 0.25) is 0 Å². The van der Waals surface area contributed by atoms with E-state index >= 15 is 0 Å². The summed E-state index contributed by atoms with van der Waals surface area (Å²) >= 11 is 5.72. The van der Waals surface area contributed by atoms with E-state index in [0.717, 1.165) is 22.2 Å². The second kappa shape index (κ2) is 10.2. The van der Waals surface area contributed by atoms with Gasteiger partial charge in [0, 0.05) is 28.7 Å². The third-order valence-electron chi connectivity index (χ3n) is 5.76. The highest BCUT2D eigenvalue weighted by molar-refractivity contribution is 7.80. The number of thiocarbonyl (C=S) groups is 1. The summed E-state index contributed by atoms with van der Waals surface area (Å²) in [5.41, 5.74) is 2.64. The van der Waals surface area contributed by atoms with Gasteiger partial charge in [-0.25, -0.2) is 4.39 Å². The molecule has 0 unspecified atom stereocenters. The van der Waals surface area contributed by atoms with Crippen LogP contribution in [0.4, 0.5) is 10.1 Å². The molecule has 7 nitrogen and oxygen atoms in total. The molecule has 0 fully saturated rings. The molecule has 4 aromatic rings. The fourth-order valence-corrected chi connectivity index (χ4v) is 4.25. The van der Waals surface area contributed by atoms with Crippen molar-refractivity contribution < 1.29 is 18.6 Å². The number of nitrogens with zero attached hydrogens (tertiary/aromatic N) is 1. The molecule has 0 saturated carbocycles. The van der Waals surface area contributed by atoms with Crippen LogP contribution in [0.5, 0.6) is 17.2 Å². The Hall–Kier alpha value is -4.11. The third kappa shape index (κ3) is 5.26. The second-order valence-corrected chi connectivity index (χ2v) is 8.67. The number of hydrogen-bond donors (Lipinski definition) is 2. The number of nitrogens with one attached hydrogen (secondary N) is 2. The first-order valence-electron chi connectivity index (χ1n) is 11.5. The average molecular weight is 506 g/mol. The van der Waals surface area contributed by atoms with Crippen molar-refractivity contribution in [2.75, 3.05) is 18.7 Å². The van der Waals surface area contributed by atoms with Crippen LogP contribution in [-0.2, 0) is 13.1 Å². The molecular weight excluding hydrogens is 481 g/mol. The number of hydrogen-bond acceptors (Lipinski definition) is 5. The SMILES string of the molecule is CCOc1ccc2[nH]c(=O)c(CN(Cc3ccc4c(c3)OCO4)C(=S)Nc3ccc(F)cc3)cc2c1. The first kappa shape index (κ1) is 23.6. The van der Waals surface area contributed by atoms with Gasteiger partial charge in [0.1, 0.15) is 11.6 Å². The lowest BCUT2D eigenvalue weighted by Gasteiger charge is -2.26. The monoisotopic (exact) mass is 505 g/mol. The number of rotatable bonds is 7. The number of anilines is 1. The second-order valence-electron chi connectivity index (χ2n) is 8.29. The van der Waals surface area contributed by atoms with Crippen molar-refractivity contribution in [3.05, 3.63) is 94.0 Å². The first-order chi connectivity index (χ1) is 17.5. The Morgan fingerprint density at radius 2 is 1.86 bits per heavy atom. The van der Waals surface area contributed by atoms with Gasteiger partial charge in [0.2, 0.25) is 6.79 Å². The molecule has 1 aliphatic heterocycles. The Labute approximate surface area is 212 Å². The van der Waals surface area contributed by atoms with Gasteiger partial charge in [-0.2, -0.15) is 0 Å². The fourth-order valence-electron chi connectivity index (χ4n) is 4.00. The highest BCUT2D eigenvalue weighted by Crippen LogP contribution is 2.33. The predicted molar refractivity (Wildman–Crippen MR) is 140 cm³/mol. The van der Waals surface area contributed by atoms with Crippen LogP contribution in [0, 0.1) is 5.82 Å². The molecule has 0 bridgehead atoms. The van der Waals surface area contributed by atoms with E-state index in [4.69, 9.17) is 26.4 Å². The van der Waals surface area contributed by atoms with Gasteiger partial charge in [-0.1, -0.05) is 6.07 Å². The van der Waals surface area contributed by atoms with E-state index in [0.29, 0.717) is 41.0 Å². The lowest BCUT2D eigenvalue weighted by atomic mass is 10.1. The van der Waals surface area contributed by atoms with Gasteiger partial charge in [-0.15, -0.1) is 0 Å². The number of fused-ring (bicyclic) bond motifs is 2. The van der Waals surface area contributed by atoms with Gasteiger partial charge in [0.05, 0.1) is 13.2 Å². The fraction of sp³-hybridized carbons (Fsp3) is 0.185. The van der Waals surface area contributed by atoms with Crippen LogP contribution in [0.3, 0.4) is 0 Å². The Morgan fingerprint density at radius 1 is 1.06 bits per heavy atom. The topological polar surface area (TPSA) is 75.8 Å². The Kier molecular flexibility index (Phi) is 6.73. The maximum Gasteiger partial charge on any atom is 0.253 e. The van der Waals surface area contributed by atoms with Crippen molar-refractivity contribution in [2.45, 2.75) is 20.0 Å². The largest absolute Gasteiger partial charge is 0.494 e. The molecule has 0 saturated heterocycles. The summed E-state index contributed by atoms with van der Waals surface area (Å²) < 4.78 is 29.9. The molecule has 0 amide bonds. The quantitative estimate of drug-likeness (QED) is 0.335. The number of H-pyrrole nitrogens is 1. The van der Waals surface area contributed by atoms with E-state index < -0.39 is 0 Å². The van der Waals surface area contributed by atoms with Crippen LogP contribution < -0.4 is 25.1 Å². The average Bonchev–Trinajstić information content (AvgIpc) is 3.34. The van der Waals surface area contributed by atoms with Gasteiger partial charge < -0.3 is 29.4 Å². The van der Waals surface area contributed by atoms with Gasteiger partial charge in [0.25, 0.3) is 5.56 Å². The summed E-state index contributed by atoms with van der Waals surface area (Å²) in [4.78, 5) is 17.8. The zero-order chi connectivity index (χ0) is 25.1. The van der Waals surface area contributed by atoms with Crippen LogP contribution in [0.25, 0.3) is 10.9 Å². The summed E-state index contributed by atoms with van der Waals surface area (Å²) in [5.74, 6) is 1.75. The molecule has 0 atom stereocenters. The number of benzene rings is 3. The molecular formula is C27H24FN3O4S. The molecule has 1 aromatic heterocycles. The van der Waals surface area contributed by atoms with Gasteiger partial charge in [-0.05, 0) is 85.4 Å². The normalized spacial score (nSPS) is 11.9. The van der Waals surface area contributed by atoms with E-state index in [1.54, 1.807) is 12.1 Å².